The Balaban J connectivity index is 2.28. The predicted molar refractivity (Wildman–Crippen MR) is 97.0 cm³/mol. The molecule has 2 aromatic rings. The zero-order valence-corrected chi connectivity index (χ0v) is 14.7. The molecule has 0 saturated heterocycles. The van der Waals surface area contributed by atoms with Gasteiger partial charge >= 0.3 is 5.97 Å². The fraction of sp³-hybridized carbons (Fsp3) is 0.300. The summed E-state index contributed by atoms with van der Waals surface area (Å²) in [5, 5.41) is 28.3. The van der Waals surface area contributed by atoms with Crippen LogP contribution in [0.15, 0.2) is 36.4 Å². The number of benzene rings is 1. The number of carboxylic acid groups (broad SMARTS) is 1. The molecule has 0 aliphatic carbocycles. The Morgan fingerprint density at radius 3 is 2.50 bits per heavy atom. The van der Waals surface area contributed by atoms with Gasteiger partial charge in [0.25, 0.3) is 0 Å². The molecule has 0 fully saturated rings. The van der Waals surface area contributed by atoms with Crippen LogP contribution in [0.4, 0.5) is 4.39 Å². The number of aliphatic hydroxyl groups is 2. The predicted octanol–water partition coefficient (Wildman–Crippen LogP) is 3.10. The highest BCUT2D eigenvalue weighted by Gasteiger charge is 2.14. The first kappa shape index (κ1) is 19.8. The van der Waals surface area contributed by atoms with Crippen molar-refractivity contribution >= 4 is 12.0 Å². The summed E-state index contributed by atoms with van der Waals surface area (Å²) < 4.78 is 13.2. The SMILES string of the molecule is Cc1cc(C)c(C=C[C@@H](O)CC(O)CC(=O)O)c(-c2ccc(F)cc2)n1. The van der Waals surface area contributed by atoms with Crippen LogP contribution in [0, 0.1) is 19.7 Å². The van der Waals surface area contributed by atoms with E-state index in [9.17, 15) is 19.4 Å². The molecule has 1 heterocycles. The summed E-state index contributed by atoms with van der Waals surface area (Å²) in [6.07, 6.45) is 0.576. The van der Waals surface area contributed by atoms with Gasteiger partial charge in [-0.15, -0.1) is 0 Å². The summed E-state index contributed by atoms with van der Waals surface area (Å²) in [6, 6.07) is 7.90. The van der Waals surface area contributed by atoms with E-state index >= 15 is 0 Å². The Labute approximate surface area is 151 Å². The van der Waals surface area contributed by atoms with Gasteiger partial charge in [-0.1, -0.05) is 12.2 Å². The standard InChI is InChI=1S/C20H22FNO4/c1-12-9-13(2)22-20(14-3-5-15(21)6-4-14)18(12)8-7-16(23)10-17(24)11-19(25)26/h3-9,16-17,23-24H,10-11H2,1-2H3,(H,25,26)/t16-,17?/m1/s1. The number of carboxylic acids is 1. The molecule has 5 nitrogen and oxygen atoms in total. The summed E-state index contributed by atoms with van der Waals surface area (Å²) in [4.78, 5) is 15.1. The van der Waals surface area contributed by atoms with Crippen LogP contribution in [0.1, 0.15) is 29.7 Å². The monoisotopic (exact) mass is 359 g/mol. The minimum atomic E-state index is -1.12. The van der Waals surface area contributed by atoms with E-state index in [0.717, 1.165) is 22.4 Å². The summed E-state index contributed by atoms with van der Waals surface area (Å²) in [5.41, 5.74) is 3.94. The number of pyridine rings is 1. The summed E-state index contributed by atoms with van der Waals surface area (Å²) in [7, 11) is 0. The van der Waals surface area contributed by atoms with Crippen LogP contribution in [0.5, 0.6) is 0 Å². The molecule has 1 unspecified atom stereocenters. The topological polar surface area (TPSA) is 90.7 Å². The Hall–Kier alpha value is -2.57. The molecule has 1 aromatic carbocycles. The van der Waals surface area contributed by atoms with E-state index in [1.807, 2.05) is 19.9 Å². The van der Waals surface area contributed by atoms with E-state index < -0.39 is 24.6 Å². The molecular weight excluding hydrogens is 337 g/mol. The number of nitrogens with zero attached hydrogens (tertiary/aromatic N) is 1. The molecule has 0 bridgehead atoms. The highest BCUT2D eigenvalue weighted by atomic mass is 19.1. The lowest BCUT2D eigenvalue weighted by Gasteiger charge is -2.13. The number of hydrogen-bond acceptors (Lipinski definition) is 4. The van der Waals surface area contributed by atoms with E-state index in [4.69, 9.17) is 5.11 Å². The van der Waals surface area contributed by atoms with Crippen molar-refractivity contribution in [1.82, 2.24) is 4.98 Å². The molecule has 138 valence electrons. The quantitative estimate of drug-likeness (QED) is 0.707. The molecule has 0 aliphatic rings. The number of aliphatic carboxylic acids is 1. The van der Waals surface area contributed by atoms with Gasteiger partial charge in [0, 0.05) is 23.2 Å². The molecule has 1 aromatic heterocycles. The molecule has 0 amide bonds. The minimum Gasteiger partial charge on any atom is -0.481 e. The van der Waals surface area contributed by atoms with Crippen LogP contribution in [-0.4, -0.2) is 38.5 Å². The van der Waals surface area contributed by atoms with Crippen molar-refractivity contribution in [2.45, 2.75) is 38.9 Å². The first-order valence-corrected chi connectivity index (χ1v) is 8.26. The van der Waals surface area contributed by atoms with Crippen molar-refractivity contribution in [3.63, 3.8) is 0 Å². The third kappa shape index (κ3) is 5.47. The van der Waals surface area contributed by atoms with Gasteiger partial charge in [-0.25, -0.2) is 4.39 Å². The molecule has 2 atom stereocenters. The minimum absolute atomic E-state index is 0.0764. The average Bonchev–Trinajstić information content (AvgIpc) is 2.53. The van der Waals surface area contributed by atoms with Gasteiger partial charge in [0.1, 0.15) is 5.82 Å². The van der Waals surface area contributed by atoms with Crippen molar-refractivity contribution < 1.29 is 24.5 Å². The second-order valence-electron chi connectivity index (χ2n) is 6.26. The maximum atomic E-state index is 13.2. The zero-order valence-electron chi connectivity index (χ0n) is 14.7. The molecule has 0 radical (unpaired) electrons. The average molecular weight is 359 g/mol. The van der Waals surface area contributed by atoms with Gasteiger partial charge in [0.2, 0.25) is 0 Å². The van der Waals surface area contributed by atoms with E-state index in [0.29, 0.717) is 5.69 Å². The number of halogens is 1. The largest absolute Gasteiger partial charge is 0.481 e. The molecule has 0 saturated carbocycles. The van der Waals surface area contributed by atoms with Gasteiger partial charge < -0.3 is 15.3 Å². The number of aromatic nitrogens is 1. The van der Waals surface area contributed by atoms with Gasteiger partial charge in [0.15, 0.2) is 0 Å². The highest BCUT2D eigenvalue weighted by molar-refractivity contribution is 5.74. The molecule has 3 N–H and O–H groups in total. The number of aryl methyl sites for hydroxylation is 2. The molecule has 26 heavy (non-hydrogen) atoms. The van der Waals surface area contributed by atoms with Gasteiger partial charge in [0.05, 0.1) is 24.3 Å². The first-order valence-electron chi connectivity index (χ1n) is 8.26. The third-order valence-electron chi connectivity index (χ3n) is 3.92. The molecule has 0 aliphatic heterocycles. The second kappa shape index (κ2) is 8.69. The Kier molecular flexibility index (Phi) is 6.60. The van der Waals surface area contributed by atoms with E-state index in [2.05, 4.69) is 4.98 Å². The maximum absolute atomic E-state index is 13.2. The van der Waals surface area contributed by atoms with E-state index in [1.54, 1.807) is 18.2 Å². The zero-order chi connectivity index (χ0) is 19.3. The fourth-order valence-electron chi connectivity index (χ4n) is 2.73. The van der Waals surface area contributed by atoms with Crippen LogP contribution in [0.2, 0.25) is 0 Å². The number of rotatable bonds is 7. The molecule has 2 rings (SSSR count). The lowest BCUT2D eigenvalue weighted by molar-refractivity contribution is -0.139. The van der Waals surface area contributed by atoms with Crippen LogP contribution in [0.25, 0.3) is 17.3 Å². The fourth-order valence-corrected chi connectivity index (χ4v) is 2.73. The Bertz CT molecular complexity index is 802. The number of carbonyl (C=O) groups is 1. The molecule has 0 spiro atoms. The van der Waals surface area contributed by atoms with Gasteiger partial charge in [-0.3, -0.25) is 9.78 Å². The van der Waals surface area contributed by atoms with E-state index in [-0.39, 0.29) is 12.2 Å². The van der Waals surface area contributed by atoms with Crippen LogP contribution in [-0.2, 0) is 4.79 Å². The summed E-state index contributed by atoms with van der Waals surface area (Å²) in [6.45, 7) is 3.78. The van der Waals surface area contributed by atoms with Crippen molar-refractivity contribution in [1.29, 1.82) is 0 Å². The number of aliphatic hydroxyl groups excluding tert-OH is 2. The van der Waals surface area contributed by atoms with Crippen LogP contribution >= 0.6 is 0 Å². The molecular formula is C20H22FNO4. The van der Waals surface area contributed by atoms with Crippen molar-refractivity contribution in [3.05, 3.63) is 59.0 Å². The van der Waals surface area contributed by atoms with Gasteiger partial charge in [-0.05, 0) is 49.7 Å². The summed E-state index contributed by atoms with van der Waals surface area (Å²) in [5.74, 6) is -1.45. The smallest absolute Gasteiger partial charge is 0.305 e. The third-order valence-corrected chi connectivity index (χ3v) is 3.92. The Morgan fingerprint density at radius 1 is 1.23 bits per heavy atom. The van der Waals surface area contributed by atoms with E-state index in [1.165, 1.54) is 18.2 Å². The highest BCUT2D eigenvalue weighted by Crippen LogP contribution is 2.27. The second-order valence-corrected chi connectivity index (χ2v) is 6.26. The van der Waals surface area contributed by atoms with Gasteiger partial charge in [-0.2, -0.15) is 0 Å². The van der Waals surface area contributed by atoms with Crippen LogP contribution in [0.3, 0.4) is 0 Å². The van der Waals surface area contributed by atoms with Crippen LogP contribution < -0.4 is 0 Å². The number of hydrogen-bond donors (Lipinski definition) is 3. The summed E-state index contributed by atoms with van der Waals surface area (Å²) >= 11 is 0. The van der Waals surface area contributed by atoms with Crippen molar-refractivity contribution in [2.75, 3.05) is 0 Å². The normalized spacial score (nSPS) is 13.7. The lowest BCUT2D eigenvalue weighted by Crippen LogP contribution is -2.19. The lowest BCUT2D eigenvalue weighted by atomic mass is 9.99. The Morgan fingerprint density at radius 2 is 1.88 bits per heavy atom. The molecule has 6 heteroatoms. The van der Waals surface area contributed by atoms with Crippen molar-refractivity contribution in [2.24, 2.45) is 0 Å². The maximum Gasteiger partial charge on any atom is 0.305 e. The first-order chi connectivity index (χ1) is 12.3. The van der Waals surface area contributed by atoms with Crippen molar-refractivity contribution in [3.8, 4) is 11.3 Å².